The summed E-state index contributed by atoms with van der Waals surface area (Å²) in [6.45, 7) is 2.27. The van der Waals surface area contributed by atoms with E-state index in [0.29, 0.717) is 38.7 Å². The second-order valence-electron chi connectivity index (χ2n) is 9.56. The molecule has 0 bridgehead atoms. The highest BCUT2D eigenvalue weighted by molar-refractivity contribution is 5.69. The van der Waals surface area contributed by atoms with E-state index in [4.69, 9.17) is 4.74 Å². The molecule has 0 amide bonds. The summed E-state index contributed by atoms with van der Waals surface area (Å²) >= 11 is 0. The zero-order valence-corrected chi connectivity index (χ0v) is 21.0. The Labute approximate surface area is 209 Å². The quantitative estimate of drug-likeness (QED) is 0.159. The van der Waals surface area contributed by atoms with E-state index in [2.05, 4.69) is 12.1 Å². The predicted molar refractivity (Wildman–Crippen MR) is 135 cm³/mol. The predicted octanol–water partition coefficient (Wildman–Crippen LogP) is 6.41. The summed E-state index contributed by atoms with van der Waals surface area (Å²) in [7, 11) is 0. The van der Waals surface area contributed by atoms with Crippen molar-refractivity contribution in [2.75, 3.05) is 6.61 Å². The third-order valence-electron chi connectivity index (χ3n) is 6.74. The van der Waals surface area contributed by atoms with E-state index in [1.165, 1.54) is 11.6 Å². The van der Waals surface area contributed by atoms with Crippen LogP contribution in [0.4, 0.5) is 8.78 Å². The highest BCUT2D eigenvalue weighted by Gasteiger charge is 2.37. The summed E-state index contributed by atoms with van der Waals surface area (Å²) < 4.78 is 33.3. The monoisotopic (exact) mass is 492 g/mol. The van der Waals surface area contributed by atoms with Gasteiger partial charge in [-0.3, -0.25) is 4.79 Å². The van der Waals surface area contributed by atoms with Gasteiger partial charge in [0, 0.05) is 12.8 Å². The lowest BCUT2D eigenvalue weighted by molar-refractivity contribution is -0.143. The Morgan fingerprint density at radius 2 is 1.91 bits per heavy atom. The average molecular weight is 493 g/mol. The second-order valence-corrected chi connectivity index (χ2v) is 9.56. The van der Waals surface area contributed by atoms with Crippen LogP contribution in [0, 0.1) is 11.8 Å². The van der Waals surface area contributed by atoms with Crippen LogP contribution in [-0.4, -0.2) is 40.9 Å². The van der Waals surface area contributed by atoms with Crippen molar-refractivity contribution in [2.24, 2.45) is 11.8 Å². The van der Waals surface area contributed by atoms with Crippen molar-refractivity contribution in [1.82, 2.24) is 0 Å². The Kier molecular flexibility index (Phi) is 13.2. The van der Waals surface area contributed by atoms with E-state index < -0.39 is 18.1 Å². The van der Waals surface area contributed by atoms with E-state index in [1.807, 2.05) is 37.3 Å². The van der Waals surface area contributed by atoms with E-state index >= 15 is 0 Å². The fourth-order valence-corrected chi connectivity index (χ4v) is 4.58. The lowest BCUT2D eigenvalue weighted by Gasteiger charge is -2.22. The molecule has 2 N–H and O–H groups in total. The number of carbonyl (C=O) groups is 1. The number of halogens is 2. The maximum atomic E-state index is 14.0. The van der Waals surface area contributed by atoms with Crippen molar-refractivity contribution in [3.8, 4) is 0 Å². The Bertz CT molecular complexity index is 778. The molecule has 1 aliphatic carbocycles. The Hall–Kier alpha value is -2.05. The van der Waals surface area contributed by atoms with Gasteiger partial charge in [-0.25, -0.2) is 8.78 Å². The molecule has 1 aliphatic rings. The maximum absolute atomic E-state index is 14.0. The van der Waals surface area contributed by atoms with E-state index in [-0.39, 0.29) is 24.2 Å². The summed E-state index contributed by atoms with van der Waals surface area (Å²) in [6, 6.07) is 10.1. The molecule has 0 heterocycles. The first-order valence-electron chi connectivity index (χ1n) is 13.1. The van der Waals surface area contributed by atoms with Crippen LogP contribution in [0.5, 0.6) is 0 Å². The summed E-state index contributed by atoms with van der Waals surface area (Å²) in [6.07, 6.45) is 10.8. The summed E-state index contributed by atoms with van der Waals surface area (Å²) in [5.74, 6) is -3.35. The minimum atomic E-state index is -3.12. The number of rotatable bonds is 16. The number of aliphatic hydroxyl groups excluding tert-OH is 2. The van der Waals surface area contributed by atoms with E-state index in [9.17, 15) is 23.8 Å². The number of esters is 1. The number of alkyl halides is 2. The van der Waals surface area contributed by atoms with Crippen LogP contribution in [0.25, 0.3) is 0 Å². The number of aryl methyl sites for hydroxylation is 1. The smallest absolute Gasteiger partial charge is 0.306 e. The van der Waals surface area contributed by atoms with Gasteiger partial charge in [0.15, 0.2) is 0 Å². The molecule has 2 rings (SSSR count). The average Bonchev–Trinajstić information content (AvgIpc) is 3.20. The SMILES string of the molecule is CCCCC(F)(F)C(O)C=C[C@H]1CCC(O)[C@@H]1CC/C=C/CCC(=O)OCCCc1ccccc1. The molecule has 0 aliphatic heterocycles. The molecule has 4 nitrogen and oxygen atoms in total. The number of ether oxygens (including phenoxy) is 1. The molecular weight excluding hydrogens is 450 g/mol. The third-order valence-corrected chi connectivity index (χ3v) is 6.74. The number of hydrogen-bond acceptors (Lipinski definition) is 4. The Balaban J connectivity index is 1.63. The standard InChI is InChI=1S/C29H42F2O4/c1-2-3-21-29(30,31)27(33)20-18-24-17-19-26(32)25(24)15-9-4-5-10-16-28(34)35-22-11-14-23-12-7-6-8-13-23/h4-8,12-13,18,20,24-27,32-33H,2-3,9-11,14-17,19,21-22H2,1H3/b5-4+,20-18?/t24-,25-,26?,27?/m1/s1. The molecule has 2 unspecified atom stereocenters. The highest BCUT2D eigenvalue weighted by Crippen LogP contribution is 2.37. The van der Waals surface area contributed by atoms with Gasteiger partial charge in [0.1, 0.15) is 6.10 Å². The minimum Gasteiger partial charge on any atom is -0.466 e. The molecule has 6 heteroatoms. The highest BCUT2D eigenvalue weighted by atomic mass is 19.3. The molecule has 0 spiro atoms. The van der Waals surface area contributed by atoms with Gasteiger partial charge in [0.2, 0.25) is 0 Å². The first-order chi connectivity index (χ1) is 16.8. The van der Waals surface area contributed by atoms with Gasteiger partial charge in [0.25, 0.3) is 5.92 Å². The first kappa shape index (κ1) is 29.2. The van der Waals surface area contributed by atoms with Gasteiger partial charge in [-0.2, -0.15) is 0 Å². The number of allylic oxidation sites excluding steroid dienone is 3. The first-order valence-corrected chi connectivity index (χ1v) is 13.1. The maximum Gasteiger partial charge on any atom is 0.306 e. The lowest BCUT2D eigenvalue weighted by Crippen LogP contribution is -2.32. The van der Waals surface area contributed by atoms with Gasteiger partial charge in [-0.05, 0) is 68.8 Å². The van der Waals surface area contributed by atoms with Crippen molar-refractivity contribution in [2.45, 2.75) is 95.7 Å². The van der Waals surface area contributed by atoms with Crippen molar-refractivity contribution in [3.63, 3.8) is 0 Å². The molecule has 1 fully saturated rings. The molecule has 0 saturated heterocycles. The minimum absolute atomic E-state index is 0.0121. The van der Waals surface area contributed by atoms with E-state index in [1.54, 1.807) is 6.08 Å². The van der Waals surface area contributed by atoms with Crippen LogP contribution >= 0.6 is 0 Å². The summed E-state index contributed by atoms with van der Waals surface area (Å²) in [5, 5.41) is 20.2. The van der Waals surface area contributed by atoms with Crippen molar-refractivity contribution < 1.29 is 28.5 Å². The fraction of sp³-hybridized carbons (Fsp3) is 0.621. The van der Waals surface area contributed by atoms with Crippen LogP contribution in [0.2, 0.25) is 0 Å². The molecule has 1 saturated carbocycles. The van der Waals surface area contributed by atoms with Gasteiger partial charge in [-0.15, -0.1) is 0 Å². The topological polar surface area (TPSA) is 66.8 Å². The molecule has 1 aromatic rings. The van der Waals surface area contributed by atoms with Gasteiger partial charge in [0.05, 0.1) is 12.7 Å². The van der Waals surface area contributed by atoms with E-state index in [0.717, 1.165) is 32.1 Å². The number of hydrogen-bond donors (Lipinski definition) is 2. The van der Waals surface area contributed by atoms with Crippen LogP contribution < -0.4 is 0 Å². The fourth-order valence-electron chi connectivity index (χ4n) is 4.58. The van der Waals surface area contributed by atoms with Crippen LogP contribution in [0.3, 0.4) is 0 Å². The second kappa shape index (κ2) is 15.8. The molecular formula is C29H42F2O4. The summed E-state index contributed by atoms with van der Waals surface area (Å²) in [5.41, 5.74) is 1.23. The molecule has 0 radical (unpaired) electrons. The molecule has 0 aromatic heterocycles. The third kappa shape index (κ3) is 11.0. The van der Waals surface area contributed by atoms with Crippen molar-refractivity contribution in [1.29, 1.82) is 0 Å². The Morgan fingerprint density at radius 3 is 2.66 bits per heavy atom. The largest absolute Gasteiger partial charge is 0.466 e. The van der Waals surface area contributed by atoms with Crippen LogP contribution in [-0.2, 0) is 16.0 Å². The van der Waals surface area contributed by atoms with Crippen molar-refractivity contribution >= 4 is 5.97 Å². The zero-order chi connectivity index (χ0) is 25.5. The van der Waals surface area contributed by atoms with Gasteiger partial charge < -0.3 is 14.9 Å². The Morgan fingerprint density at radius 1 is 1.17 bits per heavy atom. The molecule has 35 heavy (non-hydrogen) atoms. The summed E-state index contributed by atoms with van der Waals surface area (Å²) in [4.78, 5) is 11.9. The normalized spacial score (nSPS) is 21.7. The molecule has 4 atom stereocenters. The van der Waals surface area contributed by atoms with Crippen molar-refractivity contribution in [3.05, 3.63) is 60.2 Å². The number of benzene rings is 1. The number of aliphatic hydroxyl groups is 2. The molecule has 196 valence electrons. The number of carbonyl (C=O) groups excluding carboxylic acids is 1. The van der Waals surface area contributed by atoms with Crippen LogP contribution in [0.1, 0.15) is 76.7 Å². The zero-order valence-electron chi connectivity index (χ0n) is 21.0. The van der Waals surface area contributed by atoms with Gasteiger partial charge >= 0.3 is 5.97 Å². The van der Waals surface area contributed by atoms with Crippen LogP contribution in [0.15, 0.2) is 54.6 Å². The number of unbranched alkanes of at least 4 members (excludes halogenated alkanes) is 1. The lowest BCUT2D eigenvalue weighted by atomic mass is 9.89. The van der Waals surface area contributed by atoms with Gasteiger partial charge in [-0.1, -0.05) is 68.0 Å². The molecule has 1 aromatic carbocycles.